The number of pyridine rings is 1. The van der Waals surface area contributed by atoms with Crippen LogP contribution < -0.4 is 4.72 Å². The first kappa shape index (κ1) is 13.7. The van der Waals surface area contributed by atoms with Gasteiger partial charge in [0.15, 0.2) is 0 Å². The minimum atomic E-state index is -3.57. The van der Waals surface area contributed by atoms with Crippen molar-refractivity contribution in [3.63, 3.8) is 0 Å². The highest BCUT2D eigenvalue weighted by molar-refractivity contribution is 7.89. The fourth-order valence-corrected chi connectivity index (χ4v) is 2.56. The topological polar surface area (TPSA) is 92.4 Å². The van der Waals surface area contributed by atoms with Gasteiger partial charge >= 0.3 is 0 Å². The zero-order valence-corrected chi connectivity index (χ0v) is 10.9. The standard InChI is InChI=1S/C12H14N2O4S/c15-12(10-4-7-18-9-10)3-6-14-19(16,17)11-2-1-5-13-8-11/h1-2,4-5,7-9,12,14-15H,3,6H2. The first-order valence-electron chi connectivity index (χ1n) is 5.69. The Morgan fingerprint density at radius 2 is 2.26 bits per heavy atom. The largest absolute Gasteiger partial charge is 0.472 e. The molecule has 2 heterocycles. The lowest BCUT2D eigenvalue weighted by Gasteiger charge is -2.09. The van der Waals surface area contributed by atoms with E-state index in [1.165, 1.54) is 31.0 Å². The van der Waals surface area contributed by atoms with Gasteiger partial charge in [0.2, 0.25) is 10.0 Å². The average Bonchev–Trinajstić information content (AvgIpc) is 2.93. The maximum absolute atomic E-state index is 11.8. The molecule has 2 N–H and O–H groups in total. The molecule has 0 aliphatic heterocycles. The van der Waals surface area contributed by atoms with Gasteiger partial charge in [-0.2, -0.15) is 0 Å². The van der Waals surface area contributed by atoms with Crippen molar-refractivity contribution in [3.05, 3.63) is 48.7 Å². The fourth-order valence-electron chi connectivity index (χ4n) is 1.55. The maximum atomic E-state index is 11.8. The van der Waals surface area contributed by atoms with Crippen molar-refractivity contribution in [1.82, 2.24) is 9.71 Å². The summed E-state index contributed by atoms with van der Waals surface area (Å²) in [4.78, 5) is 3.86. The molecule has 19 heavy (non-hydrogen) atoms. The van der Waals surface area contributed by atoms with Gasteiger partial charge in [-0.05, 0) is 24.6 Å². The van der Waals surface area contributed by atoms with Gasteiger partial charge in [-0.25, -0.2) is 13.1 Å². The first-order chi connectivity index (χ1) is 9.09. The molecule has 2 aromatic rings. The average molecular weight is 282 g/mol. The lowest BCUT2D eigenvalue weighted by Crippen LogP contribution is -2.26. The lowest BCUT2D eigenvalue weighted by molar-refractivity contribution is 0.168. The first-order valence-corrected chi connectivity index (χ1v) is 7.18. The Bertz CT molecular complexity index is 596. The summed E-state index contributed by atoms with van der Waals surface area (Å²) in [6.45, 7) is 0.129. The Kier molecular flexibility index (Phi) is 4.31. The van der Waals surface area contributed by atoms with Gasteiger partial charge < -0.3 is 9.52 Å². The number of hydrogen-bond acceptors (Lipinski definition) is 5. The zero-order chi connectivity index (χ0) is 13.7. The number of aromatic nitrogens is 1. The Hall–Kier alpha value is -1.70. The van der Waals surface area contributed by atoms with E-state index in [0.717, 1.165) is 0 Å². The van der Waals surface area contributed by atoms with E-state index in [2.05, 4.69) is 9.71 Å². The molecule has 0 saturated heterocycles. The predicted molar refractivity (Wildman–Crippen MR) is 67.7 cm³/mol. The number of rotatable bonds is 6. The molecule has 0 fully saturated rings. The van der Waals surface area contributed by atoms with E-state index in [4.69, 9.17) is 4.42 Å². The van der Waals surface area contributed by atoms with E-state index >= 15 is 0 Å². The van der Waals surface area contributed by atoms with Crippen LogP contribution in [0.3, 0.4) is 0 Å². The summed E-state index contributed by atoms with van der Waals surface area (Å²) in [5.41, 5.74) is 0.626. The highest BCUT2D eigenvalue weighted by Gasteiger charge is 2.15. The predicted octanol–water partition coefficient (Wildman–Crippen LogP) is 1.08. The smallest absolute Gasteiger partial charge is 0.242 e. The molecule has 0 bridgehead atoms. The van der Waals surface area contributed by atoms with Crippen LogP contribution in [0.15, 0.2) is 52.4 Å². The zero-order valence-electron chi connectivity index (χ0n) is 10.1. The van der Waals surface area contributed by atoms with Crippen LogP contribution in [0.2, 0.25) is 0 Å². The van der Waals surface area contributed by atoms with E-state index in [9.17, 15) is 13.5 Å². The summed E-state index contributed by atoms with van der Waals surface area (Å²) < 4.78 is 31.0. The van der Waals surface area contributed by atoms with Crippen molar-refractivity contribution >= 4 is 10.0 Å². The number of nitrogens with one attached hydrogen (secondary N) is 1. The molecule has 1 unspecified atom stereocenters. The number of furan rings is 1. The second kappa shape index (κ2) is 5.96. The van der Waals surface area contributed by atoms with E-state index in [1.807, 2.05) is 0 Å². The summed E-state index contributed by atoms with van der Waals surface area (Å²) in [6, 6.07) is 4.65. The Labute approximate surface area is 111 Å². The number of sulfonamides is 1. The highest BCUT2D eigenvalue weighted by Crippen LogP contribution is 2.16. The molecule has 2 aromatic heterocycles. The van der Waals surface area contributed by atoms with Crippen LogP contribution in [0.25, 0.3) is 0 Å². The number of hydrogen-bond donors (Lipinski definition) is 2. The molecule has 2 rings (SSSR count). The third kappa shape index (κ3) is 3.63. The quantitative estimate of drug-likeness (QED) is 0.827. The molecule has 0 aromatic carbocycles. The summed E-state index contributed by atoms with van der Waals surface area (Å²) in [5, 5.41) is 9.77. The number of aliphatic hydroxyl groups is 1. The van der Waals surface area contributed by atoms with Gasteiger partial charge in [0.1, 0.15) is 4.90 Å². The van der Waals surface area contributed by atoms with Crippen molar-refractivity contribution < 1.29 is 17.9 Å². The summed E-state index contributed by atoms with van der Waals surface area (Å²) >= 11 is 0. The molecule has 0 aliphatic rings. The van der Waals surface area contributed by atoms with Crippen LogP contribution >= 0.6 is 0 Å². The van der Waals surface area contributed by atoms with Crippen molar-refractivity contribution in [2.75, 3.05) is 6.54 Å². The van der Waals surface area contributed by atoms with Crippen LogP contribution in [-0.2, 0) is 10.0 Å². The van der Waals surface area contributed by atoms with Gasteiger partial charge in [-0.3, -0.25) is 4.98 Å². The van der Waals surface area contributed by atoms with E-state index in [0.29, 0.717) is 5.56 Å². The van der Waals surface area contributed by atoms with Gasteiger partial charge in [0.05, 0.1) is 18.6 Å². The van der Waals surface area contributed by atoms with Crippen LogP contribution in [0, 0.1) is 0 Å². The van der Waals surface area contributed by atoms with Crippen molar-refractivity contribution in [2.45, 2.75) is 17.4 Å². The summed E-state index contributed by atoms with van der Waals surface area (Å²) in [7, 11) is -3.57. The Balaban J connectivity index is 1.89. The maximum Gasteiger partial charge on any atom is 0.242 e. The molecule has 0 aliphatic carbocycles. The fraction of sp³-hybridized carbons (Fsp3) is 0.250. The SMILES string of the molecule is O=S(=O)(NCCC(O)c1ccoc1)c1cccnc1. The van der Waals surface area contributed by atoms with Crippen LogP contribution in [0.1, 0.15) is 18.1 Å². The third-order valence-corrected chi connectivity index (χ3v) is 4.03. The molecule has 0 amide bonds. The number of aliphatic hydroxyl groups excluding tert-OH is 1. The lowest BCUT2D eigenvalue weighted by atomic mass is 10.1. The van der Waals surface area contributed by atoms with Crippen LogP contribution in [0.5, 0.6) is 0 Å². The van der Waals surface area contributed by atoms with Crippen LogP contribution in [0.4, 0.5) is 0 Å². The van der Waals surface area contributed by atoms with E-state index < -0.39 is 16.1 Å². The third-order valence-electron chi connectivity index (χ3n) is 2.58. The van der Waals surface area contributed by atoms with Gasteiger partial charge in [0, 0.05) is 24.5 Å². The minimum Gasteiger partial charge on any atom is -0.472 e. The molecule has 1 atom stereocenters. The van der Waals surface area contributed by atoms with Gasteiger partial charge in [-0.15, -0.1) is 0 Å². The van der Waals surface area contributed by atoms with Gasteiger partial charge in [-0.1, -0.05) is 0 Å². The second-order valence-corrected chi connectivity index (χ2v) is 5.71. The molecule has 0 spiro atoms. The summed E-state index contributed by atoms with van der Waals surface area (Å²) in [5.74, 6) is 0. The minimum absolute atomic E-state index is 0.104. The van der Waals surface area contributed by atoms with Crippen molar-refractivity contribution in [3.8, 4) is 0 Å². The highest BCUT2D eigenvalue weighted by atomic mass is 32.2. The second-order valence-electron chi connectivity index (χ2n) is 3.95. The van der Waals surface area contributed by atoms with E-state index in [1.54, 1.807) is 12.1 Å². The molecule has 0 radical (unpaired) electrons. The van der Waals surface area contributed by atoms with Crippen molar-refractivity contribution in [2.24, 2.45) is 0 Å². The monoisotopic (exact) mass is 282 g/mol. The molecule has 102 valence electrons. The molecule has 6 nitrogen and oxygen atoms in total. The van der Waals surface area contributed by atoms with E-state index in [-0.39, 0.29) is 17.9 Å². The van der Waals surface area contributed by atoms with Crippen molar-refractivity contribution in [1.29, 1.82) is 0 Å². The van der Waals surface area contributed by atoms with Crippen LogP contribution in [-0.4, -0.2) is 25.1 Å². The van der Waals surface area contributed by atoms with Gasteiger partial charge in [0.25, 0.3) is 0 Å². The molecule has 0 saturated carbocycles. The molecular formula is C12H14N2O4S. The summed E-state index contributed by atoms with van der Waals surface area (Å²) in [6.07, 6.45) is 5.17. The normalized spacial score (nSPS) is 13.3. The Morgan fingerprint density at radius 1 is 1.42 bits per heavy atom. The molecular weight excluding hydrogens is 268 g/mol. The Morgan fingerprint density at radius 3 is 2.89 bits per heavy atom. The number of nitrogens with zero attached hydrogens (tertiary/aromatic N) is 1. The molecule has 7 heteroatoms.